The Morgan fingerprint density at radius 2 is 1.58 bits per heavy atom. The van der Waals surface area contributed by atoms with Crippen LogP contribution in [0.3, 0.4) is 0 Å². The van der Waals surface area contributed by atoms with Crippen LogP contribution >= 0.6 is 13.7 Å². The highest BCUT2D eigenvalue weighted by Crippen LogP contribution is 2.48. The summed E-state index contributed by atoms with van der Waals surface area (Å²) in [5, 5.41) is 20.6. The van der Waals surface area contributed by atoms with Crippen LogP contribution in [0.5, 0.6) is 11.5 Å². The van der Waals surface area contributed by atoms with E-state index >= 15 is 0 Å². The molecule has 0 fully saturated rings. The molecule has 2 rings (SSSR count). The van der Waals surface area contributed by atoms with Gasteiger partial charge >= 0.3 is 0 Å². The quantitative estimate of drug-likeness (QED) is 0.260. The van der Waals surface area contributed by atoms with Crippen molar-refractivity contribution in [2.45, 2.75) is 32.0 Å². The number of aromatic hydroxyl groups is 1. The monoisotopic (exact) mass is 496 g/mol. The maximum atomic E-state index is 9.42. The van der Waals surface area contributed by atoms with Gasteiger partial charge < -0.3 is 9.84 Å². The molecule has 168 valence electrons. The molecule has 0 spiro atoms. The van der Waals surface area contributed by atoms with Crippen molar-refractivity contribution in [2.75, 3.05) is 13.7 Å². The van der Waals surface area contributed by atoms with Gasteiger partial charge in [-0.3, -0.25) is 9.98 Å². The molecule has 0 heterocycles. The molecule has 0 aliphatic rings. The van der Waals surface area contributed by atoms with Crippen LogP contribution in [0.4, 0.5) is 0 Å². The lowest BCUT2D eigenvalue weighted by atomic mass is 10.2. The van der Waals surface area contributed by atoms with E-state index in [1.807, 2.05) is 54.9 Å². The van der Waals surface area contributed by atoms with Crippen molar-refractivity contribution < 1.29 is 9.84 Å². The summed E-state index contributed by atoms with van der Waals surface area (Å²) in [6.07, 6.45) is 5.08. The summed E-state index contributed by atoms with van der Waals surface area (Å²) < 4.78 is 8.32. The molecule has 0 saturated carbocycles. The van der Waals surface area contributed by atoms with Gasteiger partial charge in [-0.25, -0.2) is 0 Å². The Labute approximate surface area is 196 Å². The summed E-state index contributed by atoms with van der Waals surface area (Å²) in [5.74, 6) is 1.01. The first-order valence-corrected chi connectivity index (χ1v) is 15.7. The number of benzene rings is 2. The molecule has 6 nitrogen and oxygen atoms in total. The molecule has 0 aliphatic carbocycles. The zero-order chi connectivity index (χ0) is 22.9. The molecule has 2 unspecified atom stereocenters. The predicted molar refractivity (Wildman–Crippen MR) is 142 cm³/mol. The Hall–Kier alpha value is -1.72. The molecule has 0 aromatic heterocycles. The zero-order valence-electron chi connectivity index (χ0n) is 18.2. The van der Waals surface area contributed by atoms with Gasteiger partial charge in [0, 0.05) is 13.9 Å². The van der Waals surface area contributed by atoms with Gasteiger partial charge in [0.15, 0.2) is 5.34 Å². The van der Waals surface area contributed by atoms with Gasteiger partial charge in [-0.05, 0) is 79.2 Å². The van der Waals surface area contributed by atoms with Gasteiger partial charge in [0.2, 0.25) is 0 Å². The molecule has 0 bridgehead atoms. The van der Waals surface area contributed by atoms with E-state index in [4.69, 9.17) is 28.4 Å². The van der Waals surface area contributed by atoms with Gasteiger partial charge in [0.05, 0.1) is 19.3 Å². The molecule has 2 aromatic rings. The van der Waals surface area contributed by atoms with Crippen LogP contribution < -0.4 is 9.93 Å². The summed E-state index contributed by atoms with van der Waals surface area (Å²) in [5.41, 5.74) is 1.87. The van der Waals surface area contributed by atoms with E-state index in [2.05, 4.69) is 29.2 Å². The van der Waals surface area contributed by atoms with Crippen LogP contribution in [-0.4, -0.2) is 41.4 Å². The van der Waals surface area contributed by atoms with Crippen LogP contribution in [0.1, 0.15) is 37.8 Å². The van der Waals surface area contributed by atoms with Crippen molar-refractivity contribution in [3.8, 4) is 11.5 Å². The molecule has 0 saturated heterocycles. The third kappa shape index (κ3) is 7.73. The minimum Gasteiger partial charge on any atom is -0.508 e. The number of rotatable bonds is 11. The Morgan fingerprint density at radius 3 is 2.13 bits per heavy atom. The van der Waals surface area contributed by atoms with Crippen LogP contribution in [0.2, 0.25) is 0 Å². The van der Waals surface area contributed by atoms with Crippen LogP contribution in [0, 0.1) is 0 Å². The first-order chi connectivity index (χ1) is 14.8. The maximum absolute atomic E-state index is 9.42. The van der Waals surface area contributed by atoms with Crippen molar-refractivity contribution in [1.82, 2.24) is 9.98 Å². The van der Waals surface area contributed by atoms with Crippen LogP contribution in [0.15, 0.2) is 58.7 Å². The van der Waals surface area contributed by atoms with E-state index in [0.717, 1.165) is 29.7 Å². The summed E-state index contributed by atoms with van der Waals surface area (Å²) in [6.45, 7) is 3.58. The summed E-state index contributed by atoms with van der Waals surface area (Å²) >= 11 is 11.1. The van der Waals surface area contributed by atoms with E-state index in [9.17, 15) is 5.11 Å². The topological polar surface area (TPSA) is 69.5 Å². The smallest absolute Gasteiger partial charge is 0.152 e. The fraction of sp³-hybridized carbons (Fsp3) is 0.333. The molecule has 31 heavy (non-hydrogen) atoms. The number of ether oxygens (including phenoxy) is 1. The Kier molecular flexibility index (Phi) is 10.2. The third-order valence-electron chi connectivity index (χ3n) is 4.73. The van der Waals surface area contributed by atoms with E-state index in [1.54, 1.807) is 24.6 Å². The molecule has 10 heteroatoms. The van der Waals surface area contributed by atoms with Crippen molar-refractivity contribution in [1.29, 1.82) is 0 Å². The van der Waals surface area contributed by atoms with Crippen molar-refractivity contribution in [3.63, 3.8) is 0 Å². The minimum absolute atomic E-state index is 0.229. The summed E-state index contributed by atoms with van der Waals surface area (Å²) in [4.78, 5) is 0. The number of phenols is 1. The number of hydrogen-bond donors (Lipinski definition) is 2. The lowest BCUT2D eigenvalue weighted by molar-refractivity contribution is 0.146. The second-order valence-electron chi connectivity index (χ2n) is 6.96. The lowest BCUT2D eigenvalue weighted by Crippen LogP contribution is -2.33. The SMILES string of the molecule is CCC(CC)(Oc1ccc(C=NN[PH](C)=S)cc1)[PH](=S)N(C)N=Cc1ccc(O)cc1. The van der Waals surface area contributed by atoms with E-state index in [1.165, 1.54) is 0 Å². The van der Waals surface area contributed by atoms with E-state index in [-0.39, 0.29) is 5.75 Å². The maximum Gasteiger partial charge on any atom is 0.152 e. The fourth-order valence-corrected chi connectivity index (χ4v) is 5.95. The molecule has 0 aliphatic heterocycles. The lowest BCUT2D eigenvalue weighted by Gasteiger charge is -2.37. The summed E-state index contributed by atoms with van der Waals surface area (Å²) in [6, 6.07) is 14.7. The normalized spacial score (nSPS) is 13.9. The number of hydrogen-bond acceptors (Lipinski definition) is 6. The highest BCUT2D eigenvalue weighted by Gasteiger charge is 2.34. The number of nitrogens with one attached hydrogen (secondary N) is 1. The average molecular weight is 497 g/mol. The second kappa shape index (κ2) is 12.4. The molecular weight excluding hydrogens is 466 g/mol. The highest BCUT2D eigenvalue weighted by molar-refractivity contribution is 8.04. The van der Waals surface area contributed by atoms with Crippen LogP contribution in [-0.2, 0) is 23.6 Å². The van der Waals surface area contributed by atoms with Crippen LogP contribution in [0.25, 0.3) is 0 Å². The molecular formula is C21H30N4O2P2S2. The molecule has 2 N–H and O–H groups in total. The minimum atomic E-state index is -1.57. The van der Waals surface area contributed by atoms with Gasteiger partial charge in [-0.2, -0.15) is 10.2 Å². The fourth-order valence-electron chi connectivity index (χ4n) is 2.85. The van der Waals surface area contributed by atoms with Crippen molar-refractivity contribution in [3.05, 3.63) is 59.7 Å². The van der Waals surface area contributed by atoms with Gasteiger partial charge in [0.25, 0.3) is 0 Å². The Balaban J connectivity index is 2.12. The van der Waals surface area contributed by atoms with Crippen molar-refractivity contribution >= 4 is 49.7 Å². The molecule has 2 aromatic carbocycles. The van der Waals surface area contributed by atoms with Crippen molar-refractivity contribution in [2.24, 2.45) is 10.2 Å². The number of hydrazone groups is 2. The standard InChI is InChI=1S/C21H30N4O2P2S2/c1-5-21(6-2,27-20-13-9-17(10-14-20)15-22-24-28(4)30)29(31)25(3)23-16-18-7-11-19(26)12-8-18/h7-16,26,28-29H,5-6H2,1-4H3,(H,24,30). The summed E-state index contributed by atoms with van der Waals surface area (Å²) in [7, 11) is 1.90. The largest absolute Gasteiger partial charge is 0.508 e. The zero-order valence-corrected chi connectivity index (χ0v) is 21.8. The number of phenolic OH excluding ortho intramolecular Hbond substituents is 1. The first-order valence-electron chi connectivity index (χ1n) is 9.99. The molecule has 2 atom stereocenters. The highest BCUT2D eigenvalue weighted by atomic mass is 32.4. The predicted octanol–water partition coefficient (Wildman–Crippen LogP) is 4.99. The molecule has 0 radical (unpaired) electrons. The first kappa shape index (κ1) is 25.5. The number of nitrogens with zero attached hydrogens (tertiary/aromatic N) is 3. The van der Waals surface area contributed by atoms with E-state index < -0.39 is 19.0 Å². The average Bonchev–Trinajstić information content (AvgIpc) is 2.77. The molecule has 0 amide bonds. The van der Waals surface area contributed by atoms with Gasteiger partial charge in [-0.1, -0.05) is 37.5 Å². The third-order valence-corrected chi connectivity index (χ3v) is 9.65. The van der Waals surface area contributed by atoms with Gasteiger partial charge in [0.1, 0.15) is 11.5 Å². The van der Waals surface area contributed by atoms with E-state index in [0.29, 0.717) is 0 Å². The second-order valence-corrected chi connectivity index (χ2v) is 13.5. The Morgan fingerprint density at radius 1 is 1.03 bits per heavy atom. The van der Waals surface area contributed by atoms with Gasteiger partial charge in [-0.15, -0.1) is 0 Å². The Bertz CT molecular complexity index is 947.